The lowest BCUT2D eigenvalue weighted by molar-refractivity contribution is 0.129. The maximum atomic E-state index is 5.50. The Morgan fingerprint density at radius 2 is 1.70 bits per heavy atom. The van der Waals surface area contributed by atoms with Crippen LogP contribution in [0.3, 0.4) is 0 Å². The van der Waals surface area contributed by atoms with Crippen molar-refractivity contribution in [3.8, 4) is 0 Å². The fraction of sp³-hybridized carbons (Fsp3) is 0.889. The van der Waals surface area contributed by atoms with Gasteiger partial charge >= 0.3 is 0 Å². The third kappa shape index (κ3) is 4.80. The number of rotatable bonds is 6. The predicted molar refractivity (Wildman–Crippen MR) is 44.7 cm³/mol. The summed E-state index contributed by atoms with van der Waals surface area (Å²) in [6, 6.07) is 0. The van der Waals surface area contributed by atoms with E-state index in [1.54, 1.807) is 0 Å². The van der Waals surface area contributed by atoms with Crippen molar-refractivity contribution in [2.45, 2.75) is 46.5 Å². The Morgan fingerprint density at radius 1 is 1.10 bits per heavy atom. The van der Waals surface area contributed by atoms with Gasteiger partial charge in [-0.25, -0.2) is 0 Å². The Labute approximate surface area is 64.8 Å². The third-order valence-electron chi connectivity index (χ3n) is 1.59. The van der Waals surface area contributed by atoms with Gasteiger partial charge in [0, 0.05) is 6.61 Å². The van der Waals surface area contributed by atoms with Gasteiger partial charge in [0.1, 0.15) is 0 Å². The predicted octanol–water partition coefficient (Wildman–Crippen LogP) is 3.16. The first kappa shape index (κ1) is 9.96. The van der Waals surface area contributed by atoms with Crippen LogP contribution in [-0.2, 0) is 4.74 Å². The second-order valence-electron chi connectivity index (χ2n) is 2.45. The summed E-state index contributed by atoms with van der Waals surface area (Å²) < 4.78 is 5.50. The van der Waals surface area contributed by atoms with E-state index in [1.165, 1.54) is 18.9 Å². The highest BCUT2D eigenvalue weighted by Gasteiger charge is 2.02. The van der Waals surface area contributed by atoms with Crippen LogP contribution < -0.4 is 0 Å². The molecule has 0 aliphatic carbocycles. The number of ether oxygens (including phenoxy) is 1. The molecule has 0 aliphatic heterocycles. The van der Waals surface area contributed by atoms with Crippen LogP contribution >= 0.6 is 0 Å². The lowest BCUT2D eigenvalue weighted by Gasteiger charge is -2.11. The van der Waals surface area contributed by atoms with E-state index < -0.39 is 0 Å². The third-order valence-corrected chi connectivity index (χ3v) is 1.59. The van der Waals surface area contributed by atoms with Crippen LogP contribution in [0, 0.1) is 6.10 Å². The fourth-order valence-corrected chi connectivity index (χ4v) is 0.815. The first-order valence-corrected chi connectivity index (χ1v) is 4.32. The monoisotopic (exact) mass is 143 g/mol. The first-order valence-electron chi connectivity index (χ1n) is 4.32. The van der Waals surface area contributed by atoms with Crippen molar-refractivity contribution < 1.29 is 4.74 Å². The minimum absolute atomic E-state index is 0.910. The second kappa shape index (κ2) is 7.07. The molecule has 61 valence electrons. The van der Waals surface area contributed by atoms with Crippen molar-refractivity contribution in [1.82, 2.24) is 0 Å². The van der Waals surface area contributed by atoms with Crippen molar-refractivity contribution >= 4 is 0 Å². The Balaban J connectivity index is 3.09. The van der Waals surface area contributed by atoms with Gasteiger partial charge in [-0.05, 0) is 19.3 Å². The molecular weight excluding hydrogens is 124 g/mol. The zero-order valence-corrected chi connectivity index (χ0v) is 7.44. The molecule has 0 unspecified atom stereocenters. The Bertz CT molecular complexity index is 57.7. The Hall–Kier alpha value is -0.0400. The van der Waals surface area contributed by atoms with Crippen LogP contribution in [0.1, 0.15) is 46.5 Å². The highest BCUT2D eigenvalue weighted by Crippen LogP contribution is 2.11. The summed E-state index contributed by atoms with van der Waals surface area (Å²) in [4.78, 5) is 0. The summed E-state index contributed by atoms with van der Waals surface area (Å²) in [5.74, 6) is 0. The van der Waals surface area contributed by atoms with Gasteiger partial charge in [0.15, 0.2) is 0 Å². The smallest absolute Gasteiger partial charge is 0.0965 e. The average molecular weight is 143 g/mol. The number of hydrogen-bond donors (Lipinski definition) is 0. The Kier molecular flexibility index (Phi) is 7.04. The summed E-state index contributed by atoms with van der Waals surface area (Å²) in [5.41, 5.74) is 0. The molecule has 1 heteroatoms. The van der Waals surface area contributed by atoms with Gasteiger partial charge < -0.3 is 4.74 Å². The van der Waals surface area contributed by atoms with Crippen molar-refractivity contribution in [2.24, 2.45) is 0 Å². The highest BCUT2D eigenvalue weighted by molar-refractivity contribution is 4.72. The number of unbranched alkanes of at least 4 members (excludes halogenated alkanes) is 1. The molecule has 0 spiro atoms. The van der Waals surface area contributed by atoms with E-state index in [1.807, 2.05) is 0 Å². The number of hydrogen-bond acceptors (Lipinski definition) is 1. The minimum Gasteiger partial charge on any atom is -0.372 e. The van der Waals surface area contributed by atoms with E-state index in [4.69, 9.17) is 4.74 Å². The molecular formula is C9H19O. The van der Waals surface area contributed by atoms with Gasteiger partial charge in [0.25, 0.3) is 0 Å². The van der Waals surface area contributed by atoms with Crippen molar-refractivity contribution in [2.75, 3.05) is 6.61 Å². The lowest BCUT2D eigenvalue weighted by Crippen LogP contribution is -2.01. The first-order chi connectivity index (χ1) is 4.85. The molecule has 10 heavy (non-hydrogen) atoms. The molecule has 0 aromatic heterocycles. The Morgan fingerprint density at radius 3 is 2.10 bits per heavy atom. The minimum atomic E-state index is 0.910. The van der Waals surface area contributed by atoms with Crippen LogP contribution in [0.4, 0.5) is 0 Å². The van der Waals surface area contributed by atoms with Crippen LogP contribution in [-0.4, -0.2) is 6.61 Å². The van der Waals surface area contributed by atoms with Crippen LogP contribution in [0.2, 0.25) is 0 Å². The maximum Gasteiger partial charge on any atom is 0.0965 e. The van der Waals surface area contributed by atoms with Crippen molar-refractivity contribution in [3.05, 3.63) is 6.10 Å². The van der Waals surface area contributed by atoms with E-state index >= 15 is 0 Å². The molecule has 0 bridgehead atoms. The topological polar surface area (TPSA) is 9.23 Å². The molecule has 1 nitrogen and oxygen atoms in total. The van der Waals surface area contributed by atoms with E-state index in [2.05, 4.69) is 20.8 Å². The molecule has 0 aromatic rings. The molecule has 0 fully saturated rings. The maximum absolute atomic E-state index is 5.50. The molecule has 0 aliphatic rings. The lowest BCUT2D eigenvalue weighted by atomic mass is 10.2. The van der Waals surface area contributed by atoms with Gasteiger partial charge in [-0.2, -0.15) is 0 Å². The second-order valence-corrected chi connectivity index (χ2v) is 2.45. The summed E-state index contributed by atoms with van der Waals surface area (Å²) in [6.07, 6.45) is 5.79. The van der Waals surface area contributed by atoms with Gasteiger partial charge in [0.2, 0.25) is 0 Å². The highest BCUT2D eigenvalue weighted by atomic mass is 16.5. The standard InChI is InChI=1S/C9H19O/c1-4-7-8-10-9(5-2)6-3/h4-8H2,1-3H3. The van der Waals surface area contributed by atoms with Gasteiger partial charge in [-0.3, -0.25) is 0 Å². The molecule has 0 N–H and O–H groups in total. The van der Waals surface area contributed by atoms with Gasteiger partial charge in [-0.1, -0.05) is 27.2 Å². The van der Waals surface area contributed by atoms with E-state index in [-0.39, 0.29) is 0 Å². The zero-order valence-electron chi connectivity index (χ0n) is 7.44. The largest absolute Gasteiger partial charge is 0.372 e. The summed E-state index contributed by atoms with van der Waals surface area (Å²) >= 11 is 0. The van der Waals surface area contributed by atoms with Crippen LogP contribution in [0.25, 0.3) is 0 Å². The molecule has 0 rings (SSSR count). The molecule has 0 heterocycles. The van der Waals surface area contributed by atoms with E-state index in [0.717, 1.165) is 19.4 Å². The van der Waals surface area contributed by atoms with E-state index in [0.29, 0.717) is 0 Å². The van der Waals surface area contributed by atoms with E-state index in [9.17, 15) is 0 Å². The SMILES string of the molecule is CCCCO[C](CC)CC. The van der Waals surface area contributed by atoms with Gasteiger partial charge in [0.05, 0.1) is 6.10 Å². The fourth-order valence-electron chi connectivity index (χ4n) is 0.815. The molecule has 0 saturated heterocycles. The summed E-state index contributed by atoms with van der Waals surface area (Å²) in [7, 11) is 0. The molecule has 0 aromatic carbocycles. The van der Waals surface area contributed by atoms with Crippen molar-refractivity contribution in [3.63, 3.8) is 0 Å². The molecule has 0 atom stereocenters. The van der Waals surface area contributed by atoms with Crippen LogP contribution in [0.5, 0.6) is 0 Å². The molecule has 0 saturated carbocycles. The van der Waals surface area contributed by atoms with Crippen LogP contribution in [0.15, 0.2) is 0 Å². The quantitative estimate of drug-likeness (QED) is 0.519. The van der Waals surface area contributed by atoms with Gasteiger partial charge in [-0.15, -0.1) is 0 Å². The van der Waals surface area contributed by atoms with Crippen molar-refractivity contribution in [1.29, 1.82) is 0 Å². The molecule has 1 radical (unpaired) electrons. The zero-order chi connectivity index (χ0) is 7.82. The molecule has 0 amide bonds. The normalized spacial score (nSPS) is 10.8. The summed E-state index contributed by atoms with van der Waals surface area (Å²) in [6.45, 7) is 7.38. The summed E-state index contributed by atoms with van der Waals surface area (Å²) in [5, 5.41) is 0. The average Bonchev–Trinajstić information content (AvgIpc) is 1.99.